The van der Waals surface area contributed by atoms with Crippen molar-refractivity contribution in [1.29, 1.82) is 0 Å². The SMILES string of the molecule is O=C(Nc1ccc(Br)cc1C(=O)O)c1ccc(NSc2ccc(Cl)c(Cl)c2)cc1. The van der Waals surface area contributed by atoms with Crippen LogP contribution in [0.4, 0.5) is 11.4 Å². The molecule has 0 unspecified atom stereocenters. The maximum Gasteiger partial charge on any atom is 0.337 e. The fourth-order valence-electron chi connectivity index (χ4n) is 2.34. The summed E-state index contributed by atoms with van der Waals surface area (Å²) in [5.74, 6) is -1.53. The highest BCUT2D eigenvalue weighted by molar-refractivity contribution is 9.10. The lowest BCUT2D eigenvalue weighted by atomic mass is 10.1. The van der Waals surface area contributed by atoms with Crippen LogP contribution in [0.1, 0.15) is 20.7 Å². The van der Waals surface area contributed by atoms with Gasteiger partial charge in [-0.1, -0.05) is 39.1 Å². The molecular formula is C20H13BrCl2N2O3S. The van der Waals surface area contributed by atoms with Crippen molar-refractivity contribution in [3.8, 4) is 0 Å². The van der Waals surface area contributed by atoms with Gasteiger partial charge in [-0.25, -0.2) is 4.79 Å². The van der Waals surface area contributed by atoms with Crippen molar-refractivity contribution in [2.24, 2.45) is 0 Å². The lowest BCUT2D eigenvalue weighted by Crippen LogP contribution is -2.14. The second kappa shape index (κ2) is 9.54. The summed E-state index contributed by atoms with van der Waals surface area (Å²) < 4.78 is 3.77. The Bertz CT molecular complexity index is 1080. The number of carbonyl (C=O) groups is 2. The number of carboxylic acid groups (broad SMARTS) is 1. The van der Waals surface area contributed by atoms with Crippen molar-refractivity contribution >= 4 is 74.3 Å². The van der Waals surface area contributed by atoms with Gasteiger partial charge >= 0.3 is 5.97 Å². The van der Waals surface area contributed by atoms with E-state index in [1.165, 1.54) is 24.1 Å². The van der Waals surface area contributed by atoms with Crippen molar-refractivity contribution < 1.29 is 14.7 Å². The van der Waals surface area contributed by atoms with Gasteiger partial charge in [0.1, 0.15) is 0 Å². The molecule has 5 nitrogen and oxygen atoms in total. The maximum atomic E-state index is 12.5. The summed E-state index contributed by atoms with van der Waals surface area (Å²) in [6.07, 6.45) is 0. The summed E-state index contributed by atoms with van der Waals surface area (Å²) in [5.41, 5.74) is 1.41. The molecule has 0 saturated carbocycles. The molecule has 0 aromatic heterocycles. The molecule has 0 aliphatic rings. The molecule has 3 aromatic carbocycles. The minimum atomic E-state index is -1.12. The van der Waals surface area contributed by atoms with E-state index < -0.39 is 11.9 Å². The third-order valence-electron chi connectivity index (χ3n) is 3.79. The van der Waals surface area contributed by atoms with E-state index in [2.05, 4.69) is 26.0 Å². The molecule has 148 valence electrons. The van der Waals surface area contributed by atoms with Crippen molar-refractivity contribution in [2.75, 3.05) is 10.0 Å². The van der Waals surface area contributed by atoms with Gasteiger partial charge in [0.2, 0.25) is 0 Å². The quantitative estimate of drug-likeness (QED) is 0.316. The van der Waals surface area contributed by atoms with E-state index in [0.717, 1.165) is 10.6 Å². The largest absolute Gasteiger partial charge is 0.478 e. The second-order valence-electron chi connectivity index (χ2n) is 5.81. The van der Waals surface area contributed by atoms with Crippen LogP contribution in [-0.2, 0) is 0 Å². The molecule has 9 heteroatoms. The van der Waals surface area contributed by atoms with Gasteiger partial charge in [0.25, 0.3) is 5.91 Å². The van der Waals surface area contributed by atoms with Gasteiger partial charge in [-0.15, -0.1) is 0 Å². The van der Waals surface area contributed by atoms with Gasteiger partial charge in [-0.05, 0) is 72.6 Å². The zero-order valence-corrected chi connectivity index (χ0v) is 18.5. The fraction of sp³-hybridized carbons (Fsp3) is 0. The summed E-state index contributed by atoms with van der Waals surface area (Å²) in [7, 11) is 0. The minimum absolute atomic E-state index is 0.00374. The summed E-state index contributed by atoms with van der Waals surface area (Å²) >= 11 is 16.5. The topological polar surface area (TPSA) is 78.4 Å². The van der Waals surface area contributed by atoms with Crippen LogP contribution in [0.5, 0.6) is 0 Å². The lowest BCUT2D eigenvalue weighted by molar-refractivity contribution is 0.0698. The number of halogens is 3. The number of nitrogens with one attached hydrogen (secondary N) is 2. The Morgan fingerprint density at radius 2 is 1.66 bits per heavy atom. The average molecular weight is 512 g/mol. The molecule has 3 rings (SSSR count). The first kappa shape index (κ1) is 21.5. The predicted molar refractivity (Wildman–Crippen MR) is 121 cm³/mol. The van der Waals surface area contributed by atoms with E-state index in [1.807, 2.05) is 6.07 Å². The third kappa shape index (κ3) is 5.67. The van der Waals surface area contributed by atoms with Gasteiger partial charge in [-0.3, -0.25) is 4.79 Å². The molecule has 0 radical (unpaired) electrons. The standard InChI is InChI=1S/C20H13BrCl2N2O3S/c21-12-3-8-18(15(9-12)20(27)28)24-19(26)11-1-4-13(5-2-11)25-29-14-6-7-16(22)17(23)10-14/h1-10,25H,(H,24,26)(H,27,28). The molecule has 0 saturated heterocycles. The number of hydrogen-bond acceptors (Lipinski definition) is 4. The molecule has 0 atom stereocenters. The van der Waals surface area contributed by atoms with Crippen LogP contribution in [0.15, 0.2) is 70.0 Å². The minimum Gasteiger partial charge on any atom is -0.478 e. The van der Waals surface area contributed by atoms with Gasteiger partial charge in [0, 0.05) is 20.6 Å². The van der Waals surface area contributed by atoms with E-state index in [4.69, 9.17) is 23.2 Å². The van der Waals surface area contributed by atoms with E-state index in [1.54, 1.807) is 42.5 Å². The number of hydrogen-bond donors (Lipinski definition) is 3. The smallest absolute Gasteiger partial charge is 0.337 e. The summed E-state index contributed by atoms with van der Waals surface area (Å²) in [6.45, 7) is 0. The Hall–Kier alpha value is -2.19. The Balaban J connectivity index is 1.66. The number of benzene rings is 3. The zero-order chi connectivity index (χ0) is 21.0. The van der Waals surface area contributed by atoms with Crippen LogP contribution >= 0.6 is 51.1 Å². The number of carboxylic acids is 1. The van der Waals surface area contributed by atoms with Gasteiger partial charge in [0.05, 0.1) is 21.3 Å². The normalized spacial score (nSPS) is 10.4. The summed E-state index contributed by atoms with van der Waals surface area (Å²) in [4.78, 5) is 24.7. The molecule has 0 bridgehead atoms. The van der Waals surface area contributed by atoms with E-state index in [9.17, 15) is 14.7 Å². The lowest BCUT2D eigenvalue weighted by Gasteiger charge is -2.10. The average Bonchev–Trinajstić information content (AvgIpc) is 2.70. The first-order valence-electron chi connectivity index (χ1n) is 8.15. The van der Waals surface area contributed by atoms with Gasteiger partial charge in [-0.2, -0.15) is 0 Å². The van der Waals surface area contributed by atoms with Gasteiger partial charge < -0.3 is 15.1 Å². The first-order valence-corrected chi connectivity index (χ1v) is 10.5. The molecule has 0 aliphatic carbocycles. The van der Waals surface area contributed by atoms with E-state index >= 15 is 0 Å². The monoisotopic (exact) mass is 510 g/mol. The summed E-state index contributed by atoms with van der Waals surface area (Å²) in [6, 6.07) is 16.7. The molecule has 0 heterocycles. The van der Waals surface area contributed by atoms with Crippen LogP contribution in [0.25, 0.3) is 0 Å². The first-order chi connectivity index (χ1) is 13.8. The number of carbonyl (C=O) groups excluding carboxylic acids is 1. The number of rotatable bonds is 6. The second-order valence-corrected chi connectivity index (χ2v) is 8.42. The van der Waals surface area contributed by atoms with Crippen molar-refractivity contribution in [3.05, 3.63) is 86.3 Å². The highest BCUT2D eigenvalue weighted by atomic mass is 79.9. The molecule has 0 aliphatic heterocycles. The van der Waals surface area contributed by atoms with Crippen LogP contribution in [-0.4, -0.2) is 17.0 Å². The molecule has 0 fully saturated rings. The fourth-order valence-corrected chi connectivity index (χ4v) is 3.75. The van der Waals surface area contributed by atoms with Crippen molar-refractivity contribution in [2.45, 2.75) is 4.90 Å². The van der Waals surface area contributed by atoms with Crippen molar-refractivity contribution in [3.63, 3.8) is 0 Å². The van der Waals surface area contributed by atoms with Crippen LogP contribution < -0.4 is 10.0 Å². The number of anilines is 2. The Kier molecular flexibility index (Phi) is 7.08. The van der Waals surface area contributed by atoms with Crippen LogP contribution in [0.3, 0.4) is 0 Å². The van der Waals surface area contributed by atoms with Crippen molar-refractivity contribution in [1.82, 2.24) is 0 Å². The number of amides is 1. The summed E-state index contributed by atoms with van der Waals surface area (Å²) in [5, 5.41) is 12.9. The van der Waals surface area contributed by atoms with Crippen LogP contribution in [0.2, 0.25) is 10.0 Å². The Morgan fingerprint density at radius 3 is 2.31 bits per heavy atom. The zero-order valence-electron chi connectivity index (χ0n) is 14.6. The number of aromatic carboxylic acids is 1. The molecule has 0 spiro atoms. The molecule has 29 heavy (non-hydrogen) atoms. The molecule has 3 aromatic rings. The van der Waals surface area contributed by atoms with Crippen LogP contribution in [0, 0.1) is 0 Å². The maximum absolute atomic E-state index is 12.5. The van der Waals surface area contributed by atoms with E-state index in [0.29, 0.717) is 20.1 Å². The Labute approximate surface area is 189 Å². The predicted octanol–water partition coefficient (Wildman–Crippen LogP) is 6.83. The third-order valence-corrected chi connectivity index (χ3v) is 5.84. The molecular weight excluding hydrogens is 499 g/mol. The highest BCUT2D eigenvalue weighted by Crippen LogP contribution is 2.29. The van der Waals surface area contributed by atoms with Gasteiger partial charge in [0.15, 0.2) is 0 Å². The molecule has 3 N–H and O–H groups in total. The van der Waals surface area contributed by atoms with E-state index in [-0.39, 0.29) is 11.3 Å². The highest BCUT2D eigenvalue weighted by Gasteiger charge is 2.14. The Morgan fingerprint density at radius 1 is 0.931 bits per heavy atom. The molecule has 1 amide bonds.